The molecule has 19 heavy (non-hydrogen) atoms. The number of hydrogen-bond acceptors (Lipinski definition) is 4. The molecule has 1 aromatic heterocycles. The third-order valence-electron chi connectivity index (χ3n) is 3.80. The van der Waals surface area contributed by atoms with Crippen molar-refractivity contribution in [2.75, 3.05) is 19.7 Å². The van der Waals surface area contributed by atoms with E-state index in [1.807, 2.05) is 6.07 Å². The summed E-state index contributed by atoms with van der Waals surface area (Å²) in [6.45, 7) is 3.35. The number of nitrogens with zero attached hydrogens (tertiary/aromatic N) is 3. The Hall–Kier alpha value is -1.52. The molecule has 1 aromatic carbocycles. The number of likely N-dealkylation sites (tertiary alicyclic amines) is 1. The lowest BCUT2D eigenvalue weighted by Gasteiger charge is -2.31. The minimum absolute atomic E-state index is 0.305. The first kappa shape index (κ1) is 12.5. The van der Waals surface area contributed by atoms with Gasteiger partial charge in [-0.3, -0.25) is 14.9 Å². The Bertz CT molecular complexity index is 558. The second-order valence-corrected chi connectivity index (χ2v) is 5.31. The van der Waals surface area contributed by atoms with Crippen LogP contribution in [-0.2, 0) is 6.54 Å². The molecule has 0 bridgehead atoms. The first-order chi connectivity index (χ1) is 9.35. The fourth-order valence-electron chi connectivity index (χ4n) is 2.81. The van der Waals surface area contributed by atoms with Gasteiger partial charge in [0, 0.05) is 32.1 Å². The van der Waals surface area contributed by atoms with Crippen LogP contribution in [0, 0.1) is 5.92 Å². The highest BCUT2D eigenvalue weighted by molar-refractivity contribution is 5.74. The van der Waals surface area contributed by atoms with Crippen molar-refractivity contribution in [3.8, 4) is 0 Å². The van der Waals surface area contributed by atoms with Gasteiger partial charge in [0.2, 0.25) is 0 Å². The lowest BCUT2D eigenvalue weighted by Crippen LogP contribution is -2.36. The molecule has 0 aliphatic carbocycles. The van der Waals surface area contributed by atoms with Crippen LogP contribution in [0.25, 0.3) is 11.0 Å². The highest BCUT2D eigenvalue weighted by Crippen LogP contribution is 2.19. The quantitative estimate of drug-likeness (QED) is 0.911. The Morgan fingerprint density at radius 1 is 1.21 bits per heavy atom. The van der Waals surface area contributed by atoms with Gasteiger partial charge in [-0.25, -0.2) is 0 Å². The normalized spacial score (nSPS) is 20.8. The van der Waals surface area contributed by atoms with Crippen molar-refractivity contribution in [1.82, 2.24) is 14.9 Å². The summed E-state index contributed by atoms with van der Waals surface area (Å²) < 4.78 is 0. The third-order valence-corrected chi connectivity index (χ3v) is 3.80. The van der Waals surface area contributed by atoms with E-state index in [0.29, 0.717) is 12.5 Å². The summed E-state index contributed by atoms with van der Waals surface area (Å²) in [5.41, 5.74) is 3.17. The molecule has 4 nitrogen and oxygen atoms in total. The average molecular weight is 257 g/mol. The van der Waals surface area contributed by atoms with E-state index in [1.165, 1.54) is 12.0 Å². The predicted octanol–water partition coefficient (Wildman–Crippen LogP) is 1.83. The standard InChI is InChI=1S/C15H19N3O/c19-11-13-2-1-7-18(10-13)9-12-3-4-14-15(8-12)17-6-5-16-14/h3-6,8,13,19H,1-2,7,9-11H2/t13-/m1/s1. The fourth-order valence-corrected chi connectivity index (χ4v) is 2.81. The molecule has 3 rings (SSSR count). The van der Waals surface area contributed by atoms with E-state index < -0.39 is 0 Å². The van der Waals surface area contributed by atoms with Crippen molar-refractivity contribution in [1.29, 1.82) is 0 Å². The molecule has 4 heteroatoms. The number of fused-ring (bicyclic) bond motifs is 1. The van der Waals surface area contributed by atoms with Crippen LogP contribution >= 0.6 is 0 Å². The lowest BCUT2D eigenvalue weighted by molar-refractivity contribution is 0.116. The van der Waals surface area contributed by atoms with Crippen molar-refractivity contribution in [3.05, 3.63) is 36.2 Å². The second-order valence-electron chi connectivity index (χ2n) is 5.31. The molecule has 100 valence electrons. The Balaban J connectivity index is 1.74. The third kappa shape index (κ3) is 2.91. The average Bonchev–Trinajstić information content (AvgIpc) is 2.47. The summed E-state index contributed by atoms with van der Waals surface area (Å²) in [6, 6.07) is 6.27. The van der Waals surface area contributed by atoms with E-state index in [4.69, 9.17) is 0 Å². The van der Waals surface area contributed by atoms with Gasteiger partial charge < -0.3 is 5.11 Å². The zero-order valence-corrected chi connectivity index (χ0v) is 11.0. The highest BCUT2D eigenvalue weighted by atomic mass is 16.3. The van der Waals surface area contributed by atoms with E-state index >= 15 is 0 Å². The smallest absolute Gasteiger partial charge is 0.0890 e. The molecule has 1 fully saturated rings. The van der Waals surface area contributed by atoms with E-state index in [0.717, 1.165) is 37.1 Å². The van der Waals surface area contributed by atoms with Crippen molar-refractivity contribution in [3.63, 3.8) is 0 Å². The molecule has 1 atom stereocenters. The summed E-state index contributed by atoms with van der Waals surface area (Å²) in [7, 11) is 0. The number of aromatic nitrogens is 2. The topological polar surface area (TPSA) is 49.2 Å². The van der Waals surface area contributed by atoms with Gasteiger partial charge in [0.1, 0.15) is 0 Å². The van der Waals surface area contributed by atoms with Crippen LogP contribution in [0.4, 0.5) is 0 Å². The van der Waals surface area contributed by atoms with Crippen LogP contribution in [0.2, 0.25) is 0 Å². The second kappa shape index (κ2) is 5.63. The minimum Gasteiger partial charge on any atom is -0.396 e. The molecule has 1 aliphatic rings. The largest absolute Gasteiger partial charge is 0.396 e. The zero-order valence-electron chi connectivity index (χ0n) is 11.0. The Kier molecular flexibility index (Phi) is 3.71. The monoisotopic (exact) mass is 257 g/mol. The maximum Gasteiger partial charge on any atom is 0.0890 e. The number of rotatable bonds is 3. The maximum atomic E-state index is 9.27. The van der Waals surface area contributed by atoms with Crippen LogP contribution in [0.3, 0.4) is 0 Å². The molecule has 0 unspecified atom stereocenters. The number of aliphatic hydroxyl groups is 1. The van der Waals surface area contributed by atoms with E-state index in [-0.39, 0.29) is 0 Å². The molecule has 2 heterocycles. The van der Waals surface area contributed by atoms with Crippen molar-refractivity contribution >= 4 is 11.0 Å². The van der Waals surface area contributed by atoms with Gasteiger partial charge in [-0.05, 0) is 43.0 Å². The Morgan fingerprint density at radius 2 is 2.05 bits per heavy atom. The van der Waals surface area contributed by atoms with Crippen molar-refractivity contribution < 1.29 is 5.11 Å². The van der Waals surface area contributed by atoms with E-state index in [9.17, 15) is 5.11 Å². The zero-order chi connectivity index (χ0) is 13.1. The molecular formula is C15H19N3O. The van der Waals surface area contributed by atoms with Gasteiger partial charge in [0.05, 0.1) is 11.0 Å². The van der Waals surface area contributed by atoms with Crippen LogP contribution in [-0.4, -0.2) is 39.7 Å². The molecule has 1 N–H and O–H groups in total. The van der Waals surface area contributed by atoms with Gasteiger partial charge >= 0.3 is 0 Å². The van der Waals surface area contributed by atoms with Crippen molar-refractivity contribution in [2.24, 2.45) is 5.92 Å². The van der Waals surface area contributed by atoms with Gasteiger partial charge in [0.15, 0.2) is 0 Å². The molecule has 1 saturated heterocycles. The van der Waals surface area contributed by atoms with Crippen LogP contribution in [0.15, 0.2) is 30.6 Å². The van der Waals surface area contributed by atoms with Crippen LogP contribution < -0.4 is 0 Å². The summed E-state index contributed by atoms with van der Waals surface area (Å²) in [5, 5.41) is 9.27. The number of hydrogen-bond donors (Lipinski definition) is 1. The van der Waals surface area contributed by atoms with E-state index in [2.05, 4.69) is 27.0 Å². The summed E-state index contributed by atoms with van der Waals surface area (Å²) in [4.78, 5) is 11.0. The first-order valence-corrected chi connectivity index (χ1v) is 6.88. The summed E-state index contributed by atoms with van der Waals surface area (Å²) in [6.07, 6.45) is 5.78. The molecule has 2 aromatic rings. The molecule has 0 amide bonds. The molecule has 1 aliphatic heterocycles. The summed E-state index contributed by atoms with van der Waals surface area (Å²) >= 11 is 0. The molecular weight excluding hydrogens is 238 g/mol. The highest BCUT2D eigenvalue weighted by Gasteiger charge is 2.19. The Labute approximate surface area is 113 Å². The van der Waals surface area contributed by atoms with Crippen molar-refractivity contribution in [2.45, 2.75) is 19.4 Å². The van der Waals surface area contributed by atoms with Gasteiger partial charge in [-0.15, -0.1) is 0 Å². The molecule has 0 saturated carbocycles. The summed E-state index contributed by atoms with van der Waals surface area (Å²) in [5.74, 6) is 0.439. The van der Waals surface area contributed by atoms with Crippen LogP contribution in [0.5, 0.6) is 0 Å². The number of piperidine rings is 1. The van der Waals surface area contributed by atoms with E-state index in [1.54, 1.807) is 12.4 Å². The SMILES string of the molecule is OC[C@@H]1CCCN(Cc2ccc3nccnc3c2)C1. The fraction of sp³-hybridized carbons (Fsp3) is 0.467. The number of aliphatic hydroxyl groups excluding tert-OH is 1. The van der Waals surface area contributed by atoms with Gasteiger partial charge in [0.25, 0.3) is 0 Å². The van der Waals surface area contributed by atoms with Gasteiger partial charge in [-0.2, -0.15) is 0 Å². The number of benzene rings is 1. The van der Waals surface area contributed by atoms with Gasteiger partial charge in [-0.1, -0.05) is 6.07 Å². The maximum absolute atomic E-state index is 9.27. The molecule has 0 spiro atoms. The lowest BCUT2D eigenvalue weighted by atomic mass is 9.98. The van der Waals surface area contributed by atoms with Crippen LogP contribution in [0.1, 0.15) is 18.4 Å². The Morgan fingerprint density at radius 3 is 2.89 bits per heavy atom. The first-order valence-electron chi connectivity index (χ1n) is 6.88. The molecule has 0 radical (unpaired) electrons. The minimum atomic E-state index is 0.305. The predicted molar refractivity (Wildman–Crippen MR) is 74.6 cm³/mol.